The highest BCUT2D eigenvalue weighted by atomic mass is 35.5. The fourth-order valence-electron chi connectivity index (χ4n) is 1.46. The predicted molar refractivity (Wildman–Crippen MR) is 76.6 cm³/mol. The second kappa shape index (κ2) is 7.03. The molecule has 0 unspecified atom stereocenters. The average molecular weight is 313 g/mol. The lowest BCUT2D eigenvalue weighted by atomic mass is 10.3. The number of hydrogen-bond donors (Lipinski definition) is 1. The van der Waals surface area contributed by atoms with E-state index >= 15 is 0 Å². The largest absolute Gasteiger partial charge is 0.464 e. The van der Waals surface area contributed by atoms with E-state index < -0.39 is 5.82 Å². The van der Waals surface area contributed by atoms with Crippen LogP contribution in [0.4, 0.5) is 10.3 Å². The van der Waals surface area contributed by atoms with Gasteiger partial charge in [-0.2, -0.15) is 9.97 Å². The number of ether oxygens (including phenoxy) is 2. The van der Waals surface area contributed by atoms with Crippen LogP contribution in [0.15, 0.2) is 18.2 Å². The maximum atomic E-state index is 13.4. The van der Waals surface area contributed by atoms with E-state index in [1.54, 1.807) is 0 Å². The quantitative estimate of drug-likeness (QED) is 0.882. The highest BCUT2D eigenvalue weighted by molar-refractivity contribution is 6.30. The van der Waals surface area contributed by atoms with Gasteiger partial charge in [0.15, 0.2) is 0 Å². The Labute approximate surface area is 126 Å². The van der Waals surface area contributed by atoms with Crippen LogP contribution in [0.5, 0.6) is 17.8 Å². The molecule has 0 radical (unpaired) electrons. The van der Waals surface area contributed by atoms with Gasteiger partial charge >= 0.3 is 12.0 Å². The van der Waals surface area contributed by atoms with Gasteiger partial charge in [0.1, 0.15) is 11.6 Å². The first-order valence-corrected chi connectivity index (χ1v) is 6.75. The number of anilines is 1. The van der Waals surface area contributed by atoms with E-state index in [2.05, 4.69) is 20.3 Å². The molecule has 0 saturated carbocycles. The summed E-state index contributed by atoms with van der Waals surface area (Å²) in [5.41, 5.74) is 0. The number of nitrogens with zero attached hydrogens (tertiary/aromatic N) is 3. The van der Waals surface area contributed by atoms with Crippen molar-refractivity contribution in [3.63, 3.8) is 0 Å². The SMILES string of the molecule is CCNc1nc(OCC)nc(Oc2ccc(Cl)c(F)c2)n1. The van der Waals surface area contributed by atoms with E-state index in [0.29, 0.717) is 19.1 Å². The van der Waals surface area contributed by atoms with Crippen molar-refractivity contribution >= 4 is 17.5 Å². The Bertz CT molecular complexity index is 603. The number of aromatic nitrogens is 3. The standard InChI is InChI=1S/C13H14ClFN4O2/c1-3-16-11-17-12(20-4-2)19-13(18-11)21-8-5-6-9(14)10(15)7-8/h5-7H,3-4H2,1-2H3,(H,16,17,18,19). The number of halogens is 2. The maximum Gasteiger partial charge on any atom is 0.330 e. The molecule has 2 aromatic rings. The molecule has 0 atom stereocenters. The molecule has 0 amide bonds. The van der Waals surface area contributed by atoms with Crippen molar-refractivity contribution in [1.82, 2.24) is 15.0 Å². The molecule has 8 heteroatoms. The Hall–Kier alpha value is -2.15. The molecule has 1 N–H and O–H groups in total. The minimum Gasteiger partial charge on any atom is -0.464 e. The van der Waals surface area contributed by atoms with Crippen molar-refractivity contribution in [1.29, 1.82) is 0 Å². The fourth-order valence-corrected chi connectivity index (χ4v) is 1.58. The number of benzene rings is 1. The van der Waals surface area contributed by atoms with Gasteiger partial charge in [-0.15, -0.1) is 4.98 Å². The zero-order chi connectivity index (χ0) is 15.2. The van der Waals surface area contributed by atoms with Gasteiger partial charge in [0.2, 0.25) is 5.95 Å². The monoisotopic (exact) mass is 312 g/mol. The van der Waals surface area contributed by atoms with Crippen LogP contribution in [0.3, 0.4) is 0 Å². The molecule has 1 aromatic carbocycles. The Morgan fingerprint density at radius 2 is 1.95 bits per heavy atom. The Kier molecular flexibility index (Phi) is 5.10. The first-order valence-electron chi connectivity index (χ1n) is 6.38. The summed E-state index contributed by atoms with van der Waals surface area (Å²) in [6.45, 7) is 4.75. The van der Waals surface area contributed by atoms with Crippen molar-refractivity contribution in [3.05, 3.63) is 29.0 Å². The maximum absolute atomic E-state index is 13.4. The van der Waals surface area contributed by atoms with E-state index in [1.165, 1.54) is 12.1 Å². The Morgan fingerprint density at radius 3 is 2.62 bits per heavy atom. The summed E-state index contributed by atoms with van der Waals surface area (Å²) in [6, 6.07) is 4.20. The minimum atomic E-state index is -0.583. The molecule has 21 heavy (non-hydrogen) atoms. The van der Waals surface area contributed by atoms with E-state index in [4.69, 9.17) is 21.1 Å². The second-order valence-electron chi connectivity index (χ2n) is 3.87. The van der Waals surface area contributed by atoms with Crippen LogP contribution in [-0.4, -0.2) is 28.1 Å². The van der Waals surface area contributed by atoms with Crippen molar-refractivity contribution in [3.8, 4) is 17.8 Å². The molecule has 1 aromatic heterocycles. The molecule has 0 aliphatic rings. The van der Waals surface area contributed by atoms with Gasteiger partial charge in [-0.05, 0) is 26.0 Å². The fraction of sp³-hybridized carbons (Fsp3) is 0.308. The van der Waals surface area contributed by atoms with Gasteiger partial charge in [-0.1, -0.05) is 11.6 Å². The van der Waals surface area contributed by atoms with Crippen molar-refractivity contribution in [2.75, 3.05) is 18.5 Å². The number of rotatable bonds is 6. The van der Waals surface area contributed by atoms with Gasteiger partial charge < -0.3 is 14.8 Å². The van der Waals surface area contributed by atoms with Crippen LogP contribution in [0.1, 0.15) is 13.8 Å². The first-order chi connectivity index (χ1) is 10.1. The molecule has 0 aliphatic heterocycles. The minimum absolute atomic E-state index is 0.00567. The van der Waals surface area contributed by atoms with E-state index in [0.717, 1.165) is 6.07 Å². The molecular weight excluding hydrogens is 299 g/mol. The topological polar surface area (TPSA) is 69.2 Å². The van der Waals surface area contributed by atoms with Crippen molar-refractivity contribution < 1.29 is 13.9 Å². The van der Waals surface area contributed by atoms with E-state index in [9.17, 15) is 4.39 Å². The molecule has 1 heterocycles. The average Bonchev–Trinajstić information content (AvgIpc) is 2.43. The molecule has 6 nitrogen and oxygen atoms in total. The molecule has 112 valence electrons. The Balaban J connectivity index is 2.26. The third-order valence-electron chi connectivity index (χ3n) is 2.30. The smallest absolute Gasteiger partial charge is 0.330 e. The third-order valence-corrected chi connectivity index (χ3v) is 2.61. The lowest BCUT2D eigenvalue weighted by Gasteiger charge is -2.08. The summed E-state index contributed by atoms with van der Waals surface area (Å²) in [5, 5.41) is 2.95. The molecule has 0 spiro atoms. The van der Waals surface area contributed by atoms with Gasteiger partial charge in [0.05, 0.1) is 11.6 Å². The molecule has 0 saturated heterocycles. The molecule has 0 fully saturated rings. The lowest BCUT2D eigenvalue weighted by Crippen LogP contribution is -2.07. The Morgan fingerprint density at radius 1 is 1.19 bits per heavy atom. The summed E-state index contributed by atoms with van der Waals surface area (Å²) in [6.07, 6.45) is 0. The van der Waals surface area contributed by atoms with Gasteiger partial charge in [0, 0.05) is 12.6 Å². The summed E-state index contributed by atoms with van der Waals surface area (Å²) < 4.78 is 24.0. The van der Waals surface area contributed by atoms with Crippen molar-refractivity contribution in [2.24, 2.45) is 0 Å². The van der Waals surface area contributed by atoms with Gasteiger partial charge in [-0.25, -0.2) is 4.39 Å². The molecule has 2 rings (SSSR count). The van der Waals surface area contributed by atoms with Crippen LogP contribution < -0.4 is 14.8 Å². The van der Waals surface area contributed by atoms with Crippen LogP contribution in [0, 0.1) is 5.82 Å². The number of nitrogens with one attached hydrogen (secondary N) is 1. The van der Waals surface area contributed by atoms with Crippen LogP contribution in [-0.2, 0) is 0 Å². The van der Waals surface area contributed by atoms with Crippen molar-refractivity contribution in [2.45, 2.75) is 13.8 Å². The zero-order valence-corrected chi connectivity index (χ0v) is 12.3. The summed E-state index contributed by atoms with van der Waals surface area (Å²) in [7, 11) is 0. The predicted octanol–water partition coefficient (Wildman–Crippen LogP) is 3.29. The zero-order valence-electron chi connectivity index (χ0n) is 11.6. The van der Waals surface area contributed by atoms with Crippen LogP contribution in [0.25, 0.3) is 0 Å². The first kappa shape index (κ1) is 15.2. The van der Waals surface area contributed by atoms with E-state index in [-0.39, 0.29) is 22.8 Å². The summed E-state index contributed by atoms with van der Waals surface area (Å²) in [4.78, 5) is 12.1. The second-order valence-corrected chi connectivity index (χ2v) is 4.27. The molecule has 0 aliphatic carbocycles. The molecule has 0 bridgehead atoms. The number of hydrogen-bond acceptors (Lipinski definition) is 6. The van der Waals surface area contributed by atoms with E-state index in [1.807, 2.05) is 13.8 Å². The summed E-state index contributed by atoms with van der Waals surface area (Å²) in [5.74, 6) is -0.0338. The van der Waals surface area contributed by atoms with Gasteiger partial charge in [-0.3, -0.25) is 0 Å². The van der Waals surface area contributed by atoms with Gasteiger partial charge in [0.25, 0.3) is 0 Å². The normalized spacial score (nSPS) is 10.3. The van der Waals surface area contributed by atoms with Crippen LogP contribution in [0.2, 0.25) is 5.02 Å². The highest BCUT2D eigenvalue weighted by Crippen LogP contribution is 2.24. The highest BCUT2D eigenvalue weighted by Gasteiger charge is 2.10. The molecular formula is C13H14ClFN4O2. The van der Waals surface area contributed by atoms with Crippen LogP contribution >= 0.6 is 11.6 Å². The lowest BCUT2D eigenvalue weighted by molar-refractivity contribution is 0.303. The third kappa shape index (κ3) is 4.16. The summed E-state index contributed by atoms with van der Waals surface area (Å²) >= 11 is 5.61.